The highest BCUT2D eigenvalue weighted by atomic mass is 79.9. The first-order chi connectivity index (χ1) is 6.53. The van der Waals surface area contributed by atoms with E-state index in [1.54, 1.807) is 11.3 Å². The van der Waals surface area contributed by atoms with Crippen molar-refractivity contribution in [3.05, 3.63) is 20.8 Å². The molecule has 1 nitrogen and oxygen atoms in total. The molecule has 1 aromatic heterocycles. The summed E-state index contributed by atoms with van der Waals surface area (Å²) in [5, 5.41) is 5.68. The zero-order valence-electron chi connectivity index (χ0n) is 9.06. The quantitative estimate of drug-likeness (QED) is 0.856. The Morgan fingerprint density at radius 3 is 2.71 bits per heavy atom. The van der Waals surface area contributed by atoms with E-state index in [0.29, 0.717) is 5.41 Å². The van der Waals surface area contributed by atoms with Crippen molar-refractivity contribution in [1.82, 2.24) is 5.32 Å². The molecule has 14 heavy (non-hydrogen) atoms. The van der Waals surface area contributed by atoms with E-state index in [4.69, 9.17) is 0 Å². The van der Waals surface area contributed by atoms with E-state index in [1.807, 2.05) is 0 Å². The van der Waals surface area contributed by atoms with Crippen molar-refractivity contribution < 1.29 is 0 Å². The lowest BCUT2D eigenvalue weighted by Crippen LogP contribution is -2.28. The Bertz CT molecular complexity index is 281. The molecule has 0 aromatic carbocycles. The summed E-state index contributed by atoms with van der Waals surface area (Å²) >= 11 is 5.21. The number of nitrogens with one attached hydrogen (secondary N) is 1. The van der Waals surface area contributed by atoms with Gasteiger partial charge in [0.15, 0.2) is 0 Å². The molecule has 0 amide bonds. The Morgan fingerprint density at radius 1 is 1.50 bits per heavy atom. The van der Waals surface area contributed by atoms with Crippen LogP contribution in [0.4, 0.5) is 0 Å². The van der Waals surface area contributed by atoms with Crippen LogP contribution < -0.4 is 5.32 Å². The predicted octanol–water partition coefficient (Wildman–Crippen LogP) is 4.04. The molecule has 0 radical (unpaired) electrons. The van der Waals surface area contributed by atoms with Gasteiger partial charge in [0.05, 0.1) is 3.79 Å². The van der Waals surface area contributed by atoms with Gasteiger partial charge in [-0.25, -0.2) is 0 Å². The molecule has 0 aliphatic rings. The van der Waals surface area contributed by atoms with Crippen LogP contribution in [-0.2, 0) is 6.54 Å². The summed E-state index contributed by atoms with van der Waals surface area (Å²) in [4.78, 5) is 0. The molecule has 0 unspecified atom stereocenters. The summed E-state index contributed by atoms with van der Waals surface area (Å²) in [5.74, 6) is 0. The molecule has 1 N–H and O–H groups in total. The fourth-order valence-electron chi connectivity index (χ4n) is 1.11. The molecular weight excluding hydrogens is 258 g/mol. The fraction of sp³-hybridized carbons (Fsp3) is 0.636. The Morgan fingerprint density at radius 2 is 2.21 bits per heavy atom. The Labute approximate surface area is 99.0 Å². The van der Waals surface area contributed by atoms with E-state index >= 15 is 0 Å². The van der Waals surface area contributed by atoms with Gasteiger partial charge in [-0.2, -0.15) is 0 Å². The number of hydrogen-bond acceptors (Lipinski definition) is 2. The van der Waals surface area contributed by atoms with E-state index in [-0.39, 0.29) is 0 Å². The lowest BCUT2D eigenvalue weighted by atomic mass is 9.90. The van der Waals surface area contributed by atoms with Gasteiger partial charge in [0, 0.05) is 13.1 Å². The second-order valence-electron chi connectivity index (χ2n) is 4.38. The maximum atomic E-state index is 3.49. The minimum atomic E-state index is 0.410. The Hall–Kier alpha value is 0.140. The lowest BCUT2D eigenvalue weighted by molar-refractivity contribution is 0.328. The van der Waals surface area contributed by atoms with Crippen molar-refractivity contribution in [2.24, 2.45) is 5.41 Å². The molecule has 0 aliphatic carbocycles. The van der Waals surface area contributed by atoms with Crippen LogP contribution >= 0.6 is 27.3 Å². The van der Waals surface area contributed by atoms with Crippen molar-refractivity contribution in [2.75, 3.05) is 6.54 Å². The van der Waals surface area contributed by atoms with Crippen molar-refractivity contribution in [3.63, 3.8) is 0 Å². The maximum Gasteiger partial charge on any atom is 0.0701 e. The molecule has 0 atom stereocenters. The highest BCUT2D eigenvalue weighted by Gasteiger charge is 2.13. The van der Waals surface area contributed by atoms with Crippen LogP contribution in [0.3, 0.4) is 0 Å². The first-order valence-electron chi connectivity index (χ1n) is 4.97. The van der Waals surface area contributed by atoms with Crippen LogP contribution in [0.15, 0.2) is 15.2 Å². The number of halogens is 1. The van der Waals surface area contributed by atoms with Crippen LogP contribution in [0.1, 0.15) is 32.8 Å². The van der Waals surface area contributed by atoms with E-state index in [9.17, 15) is 0 Å². The van der Waals surface area contributed by atoms with Gasteiger partial charge < -0.3 is 5.32 Å². The summed E-state index contributed by atoms with van der Waals surface area (Å²) in [6.07, 6.45) is 1.22. The minimum Gasteiger partial charge on any atom is -0.312 e. The predicted molar refractivity (Wildman–Crippen MR) is 67.8 cm³/mol. The van der Waals surface area contributed by atoms with Crippen molar-refractivity contribution in [3.8, 4) is 0 Å². The standard InChI is InChI=1S/C11H18BrNS/c1-4-11(2,3)8-13-6-9-5-10(12)14-7-9/h5,7,13H,4,6,8H2,1-3H3. The van der Waals surface area contributed by atoms with Gasteiger partial charge in [0.2, 0.25) is 0 Å². The molecule has 1 aromatic rings. The number of hydrogen-bond donors (Lipinski definition) is 1. The zero-order valence-corrected chi connectivity index (χ0v) is 11.5. The topological polar surface area (TPSA) is 12.0 Å². The van der Waals surface area contributed by atoms with Crippen LogP contribution in [0.5, 0.6) is 0 Å². The first kappa shape index (κ1) is 12.2. The second-order valence-corrected chi connectivity index (χ2v) is 6.67. The monoisotopic (exact) mass is 275 g/mol. The Balaban J connectivity index is 2.28. The van der Waals surface area contributed by atoms with Crippen molar-refractivity contribution in [1.29, 1.82) is 0 Å². The molecule has 1 heterocycles. The van der Waals surface area contributed by atoms with Crippen LogP contribution in [0, 0.1) is 5.41 Å². The SMILES string of the molecule is CCC(C)(C)CNCc1csc(Br)c1. The molecule has 3 heteroatoms. The average molecular weight is 276 g/mol. The Kier molecular flexibility index (Phi) is 4.61. The normalized spacial score (nSPS) is 12.0. The molecule has 0 saturated heterocycles. The van der Waals surface area contributed by atoms with E-state index in [0.717, 1.165) is 13.1 Å². The van der Waals surface area contributed by atoms with Crippen molar-refractivity contribution in [2.45, 2.75) is 33.7 Å². The summed E-state index contributed by atoms with van der Waals surface area (Å²) < 4.78 is 1.21. The second kappa shape index (κ2) is 5.29. The maximum absolute atomic E-state index is 3.49. The van der Waals surface area contributed by atoms with Gasteiger partial charge in [-0.15, -0.1) is 11.3 Å². The smallest absolute Gasteiger partial charge is 0.0701 e. The molecule has 1 rings (SSSR count). The summed E-state index contributed by atoms with van der Waals surface area (Å²) in [7, 11) is 0. The third-order valence-corrected chi connectivity index (χ3v) is 4.06. The molecule has 0 bridgehead atoms. The fourth-order valence-corrected chi connectivity index (χ4v) is 2.32. The largest absolute Gasteiger partial charge is 0.312 e. The summed E-state index contributed by atoms with van der Waals surface area (Å²) in [5.41, 5.74) is 1.78. The van der Waals surface area contributed by atoms with Crippen LogP contribution in [-0.4, -0.2) is 6.54 Å². The van der Waals surface area contributed by atoms with Crippen molar-refractivity contribution >= 4 is 27.3 Å². The van der Waals surface area contributed by atoms with Gasteiger partial charge in [-0.05, 0) is 44.8 Å². The summed E-state index contributed by atoms with van der Waals surface area (Å²) in [6, 6.07) is 2.18. The van der Waals surface area contributed by atoms with Gasteiger partial charge in [-0.1, -0.05) is 20.8 Å². The molecule has 0 spiro atoms. The van der Waals surface area contributed by atoms with Gasteiger partial charge in [0.25, 0.3) is 0 Å². The molecule has 80 valence electrons. The van der Waals surface area contributed by atoms with Crippen LogP contribution in [0.25, 0.3) is 0 Å². The van der Waals surface area contributed by atoms with E-state index < -0.39 is 0 Å². The molecule has 0 saturated carbocycles. The summed E-state index contributed by atoms with van der Waals surface area (Å²) in [6.45, 7) is 8.89. The number of thiophene rings is 1. The molecule has 0 fully saturated rings. The highest BCUT2D eigenvalue weighted by Crippen LogP contribution is 2.21. The zero-order chi connectivity index (χ0) is 10.6. The number of rotatable bonds is 5. The van der Waals surface area contributed by atoms with Gasteiger partial charge >= 0.3 is 0 Å². The highest BCUT2D eigenvalue weighted by molar-refractivity contribution is 9.11. The lowest BCUT2D eigenvalue weighted by Gasteiger charge is -2.22. The van der Waals surface area contributed by atoms with Crippen LogP contribution in [0.2, 0.25) is 0 Å². The molecular formula is C11H18BrNS. The third kappa shape index (κ3) is 4.11. The van der Waals surface area contributed by atoms with Gasteiger partial charge in [-0.3, -0.25) is 0 Å². The third-order valence-electron chi connectivity index (χ3n) is 2.51. The van der Waals surface area contributed by atoms with E-state index in [2.05, 4.69) is 53.5 Å². The minimum absolute atomic E-state index is 0.410. The first-order valence-corrected chi connectivity index (χ1v) is 6.64. The molecule has 0 aliphatic heterocycles. The average Bonchev–Trinajstić information content (AvgIpc) is 2.51. The van der Waals surface area contributed by atoms with E-state index in [1.165, 1.54) is 15.8 Å². The van der Waals surface area contributed by atoms with Gasteiger partial charge in [0.1, 0.15) is 0 Å².